The van der Waals surface area contributed by atoms with Crippen LogP contribution in [0.4, 0.5) is 0 Å². The average molecular weight is 249 g/mol. The molecular formula is C15H23NO2. The van der Waals surface area contributed by atoms with Crippen LogP contribution >= 0.6 is 0 Å². The highest BCUT2D eigenvalue weighted by Crippen LogP contribution is 2.25. The predicted molar refractivity (Wildman–Crippen MR) is 73.2 cm³/mol. The Bertz CT molecular complexity index is 362. The molecule has 0 amide bonds. The largest absolute Gasteiger partial charge is 0.497 e. The molecule has 1 aromatic carbocycles. The summed E-state index contributed by atoms with van der Waals surface area (Å²) in [7, 11) is 3.39. The summed E-state index contributed by atoms with van der Waals surface area (Å²) in [6.45, 7) is 5.72. The van der Waals surface area contributed by atoms with E-state index in [-0.39, 0.29) is 0 Å². The zero-order chi connectivity index (χ0) is 13.0. The fourth-order valence-electron chi connectivity index (χ4n) is 2.44. The molecule has 1 heterocycles. The summed E-state index contributed by atoms with van der Waals surface area (Å²) in [6.07, 6.45) is 2.61. The molecule has 2 rings (SSSR count). The molecule has 1 aliphatic rings. The molecule has 0 radical (unpaired) electrons. The molecule has 3 heteroatoms. The Labute approximate surface area is 110 Å². The first-order valence-electron chi connectivity index (χ1n) is 6.65. The van der Waals surface area contributed by atoms with Crippen LogP contribution in [0, 0.1) is 5.92 Å². The van der Waals surface area contributed by atoms with Crippen LogP contribution in [-0.4, -0.2) is 32.2 Å². The topological polar surface area (TPSA) is 21.7 Å². The molecule has 3 nitrogen and oxygen atoms in total. The first-order chi connectivity index (χ1) is 8.71. The van der Waals surface area contributed by atoms with Crippen molar-refractivity contribution in [1.82, 2.24) is 4.90 Å². The van der Waals surface area contributed by atoms with E-state index in [1.54, 1.807) is 14.2 Å². The molecule has 0 unspecified atom stereocenters. The van der Waals surface area contributed by atoms with Crippen LogP contribution in [-0.2, 0) is 6.54 Å². The minimum absolute atomic E-state index is 0.870. The van der Waals surface area contributed by atoms with Gasteiger partial charge >= 0.3 is 0 Å². The third-order valence-electron chi connectivity index (χ3n) is 3.69. The lowest BCUT2D eigenvalue weighted by atomic mass is 9.99. The maximum absolute atomic E-state index is 5.31. The molecule has 0 bridgehead atoms. The lowest BCUT2D eigenvalue weighted by Gasteiger charge is -2.30. The number of piperidine rings is 1. The molecule has 1 saturated heterocycles. The second kappa shape index (κ2) is 6.10. The van der Waals surface area contributed by atoms with Crippen LogP contribution in [0.2, 0.25) is 0 Å². The van der Waals surface area contributed by atoms with Crippen molar-refractivity contribution in [3.8, 4) is 11.5 Å². The van der Waals surface area contributed by atoms with Gasteiger partial charge in [-0.3, -0.25) is 4.90 Å². The number of methoxy groups -OCH3 is 2. The van der Waals surface area contributed by atoms with Crippen molar-refractivity contribution in [1.29, 1.82) is 0 Å². The van der Waals surface area contributed by atoms with Crippen LogP contribution in [0.15, 0.2) is 18.2 Å². The van der Waals surface area contributed by atoms with Crippen LogP contribution in [0.1, 0.15) is 25.3 Å². The Morgan fingerprint density at radius 1 is 1.06 bits per heavy atom. The van der Waals surface area contributed by atoms with Gasteiger partial charge in [0.25, 0.3) is 0 Å². The number of likely N-dealkylation sites (tertiary alicyclic amines) is 1. The van der Waals surface area contributed by atoms with E-state index in [2.05, 4.69) is 24.0 Å². The summed E-state index contributed by atoms with van der Waals surface area (Å²) in [5.74, 6) is 2.62. The summed E-state index contributed by atoms with van der Waals surface area (Å²) >= 11 is 0. The molecule has 0 saturated carbocycles. The summed E-state index contributed by atoms with van der Waals surface area (Å²) in [4.78, 5) is 2.51. The minimum Gasteiger partial charge on any atom is -0.497 e. The Kier molecular flexibility index (Phi) is 4.48. The van der Waals surface area contributed by atoms with Crippen molar-refractivity contribution in [2.75, 3.05) is 27.3 Å². The molecule has 0 atom stereocenters. The molecule has 1 fully saturated rings. The van der Waals surface area contributed by atoms with Gasteiger partial charge in [-0.1, -0.05) is 6.92 Å². The van der Waals surface area contributed by atoms with E-state index in [4.69, 9.17) is 9.47 Å². The Balaban J connectivity index is 2.03. The fourth-order valence-corrected chi connectivity index (χ4v) is 2.44. The van der Waals surface area contributed by atoms with Crippen molar-refractivity contribution in [3.05, 3.63) is 23.8 Å². The molecule has 100 valence electrons. The molecule has 0 aliphatic carbocycles. The Hall–Kier alpha value is -1.22. The minimum atomic E-state index is 0.870. The monoisotopic (exact) mass is 249 g/mol. The molecule has 1 aliphatic heterocycles. The van der Waals surface area contributed by atoms with Gasteiger partial charge in [-0.2, -0.15) is 0 Å². The second-order valence-electron chi connectivity index (χ2n) is 5.18. The standard InChI is InChI=1S/C15H23NO2/c1-12-4-6-16(7-5-12)11-13-8-14(17-2)10-15(9-13)18-3/h8-10,12H,4-7,11H2,1-3H3. The number of benzene rings is 1. The van der Waals surface area contributed by atoms with Gasteiger partial charge in [0, 0.05) is 12.6 Å². The highest BCUT2D eigenvalue weighted by Gasteiger charge is 2.16. The molecule has 0 N–H and O–H groups in total. The van der Waals surface area contributed by atoms with Crippen molar-refractivity contribution >= 4 is 0 Å². The van der Waals surface area contributed by atoms with Gasteiger partial charge in [-0.25, -0.2) is 0 Å². The number of nitrogens with zero attached hydrogens (tertiary/aromatic N) is 1. The molecule has 0 spiro atoms. The Morgan fingerprint density at radius 3 is 2.11 bits per heavy atom. The van der Waals surface area contributed by atoms with E-state index >= 15 is 0 Å². The van der Waals surface area contributed by atoms with Crippen LogP contribution < -0.4 is 9.47 Å². The smallest absolute Gasteiger partial charge is 0.122 e. The van der Waals surface area contributed by atoms with Crippen molar-refractivity contribution < 1.29 is 9.47 Å². The van der Waals surface area contributed by atoms with Crippen molar-refractivity contribution in [2.45, 2.75) is 26.3 Å². The third-order valence-corrected chi connectivity index (χ3v) is 3.69. The molecular weight excluding hydrogens is 226 g/mol. The van der Waals surface area contributed by atoms with Gasteiger partial charge < -0.3 is 9.47 Å². The number of rotatable bonds is 4. The molecule has 0 aromatic heterocycles. The predicted octanol–water partition coefficient (Wildman–Crippen LogP) is 2.94. The van der Waals surface area contributed by atoms with Gasteiger partial charge in [0.2, 0.25) is 0 Å². The van der Waals surface area contributed by atoms with Gasteiger partial charge in [0.1, 0.15) is 11.5 Å². The van der Waals surface area contributed by atoms with Crippen LogP contribution in [0.5, 0.6) is 11.5 Å². The summed E-state index contributed by atoms with van der Waals surface area (Å²) in [6, 6.07) is 6.11. The number of ether oxygens (including phenoxy) is 2. The quantitative estimate of drug-likeness (QED) is 0.819. The highest BCUT2D eigenvalue weighted by molar-refractivity contribution is 5.38. The van der Waals surface area contributed by atoms with Crippen LogP contribution in [0.25, 0.3) is 0 Å². The summed E-state index contributed by atoms with van der Waals surface area (Å²) in [5, 5.41) is 0. The molecule has 1 aromatic rings. The highest BCUT2D eigenvalue weighted by atomic mass is 16.5. The average Bonchev–Trinajstić information content (AvgIpc) is 2.41. The lowest BCUT2D eigenvalue weighted by Crippen LogP contribution is -2.32. The second-order valence-corrected chi connectivity index (χ2v) is 5.18. The first kappa shape index (κ1) is 13.2. The lowest BCUT2D eigenvalue weighted by molar-refractivity contribution is 0.185. The SMILES string of the molecule is COc1cc(CN2CCC(C)CC2)cc(OC)c1. The normalized spacial score (nSPS) is 17.7. The van der Waals surface area contributed by atoms with Crippen molar-refractivity contribution in [2.24, 2.45) is 5.92 Å². The number of hydrogen-bond acceptors (Lipinski definition) is 3. The van der Waals surface area contributed by atoms with Crippen LogP contribution in [0.3, 0.4) is 0 Å². The van der Waals surface area contributed by atoms with E-state index in [9.17, 15) is 0 Å². The summed E-state index contributed by atoms with van der Waals surface area (Å²) in [5.41, 5.74) is 1.26. The summed E-state index contributed by atoms with van der Waals surface area (Å²) < 4.78 is 10.6. The Morgan fingerprint density at radius 2 is 1.61 bits per heavy atom. The van der Waals surface area contributed by atoms with Gasteiger partial charge in [-0.05, 0) is 49.5 Å². The van der Waals surface area contributed by atoms with Gasteiger partial charge in [0.05, 0.1) is 14.2 Å². The maximum Gasteiger partial charge on any atom is 0.122 e. The van der Waals surface area contributed by atoms with E-state index in [0.29, 0.717) is 0 Å². The zero-order valence-corrected chi connectivity index (χ0v) is 11.6. The van der Waals surface area contributed by atoms with Crippen molar-refractivity contribution in [3.63, 3.8) is 0 Å². The van der Waals surface area contributed by atoms with E-state index in [0.717, 1.165) is 24.0 Å². The molecule has 18 heavy (non-hydrogen) atoms. The van der Waals surface area contributed by atoms with E-state index in [1.807, 2.05) is 6.07 Å². The van der Waals surface area contributed by atoms with Gasteiger partial charge in [-0.15, -0.1) is 0 Å². The third kappa shape index (κ3) is 3.39. The van der Waals surface area contributed by atoms with E-state index in [1.165, 1.54) is 31.5 Å². The zero-order valence-electron chi connectivity index (χ0n) is 11.6. The fraction of sp³-hybridized carbons (Fsp3) is 0.600. The van der Waals surface area contributed by atoms with E-state index < -0.39 is 0 Å². The first-order valence-corrected chi connectivity index (χ1v) is 6.65. The number of hydrogen-bond donors (Lipinski definition) is 0. The maximum atomic E-state index is 5.31. The van der Waals surface area contributed by atoms with Gasteiger partial charge in [0.15, 0.2) is 0 Å².